The first-order valence-corrected chi connectivity index (χ1v) is 10.3. The van der Waals surface area contributed by atoms with Crippen LogP contribution in [0.3, 0.4) is 0 Å². The van der Waals surface area contributed by atoms with Gasteiger partial charge in [0.15, 0.2) is 0 Å². The quantitative estimate of drug-likeness (QED) is 0.604. The largest absolute Gasteiger partial charge is 0.486 e. The first-order chi connectivity index (χ1) is 13.7. The van der Waals surface area contributed by atoms with Gasteiger partial charge in [-0.1, -0.05) is 29.8 Å². The van der Waals surface area contributed by atoms with E-state index >= 15 is 0 Å². The van der Waals surface area contributed by atoms with Gasteiger partial charge in [-0.05, 0) is 50.3 Å². The molecule has 2 heterocycles. The van der Waals surface area contributed by atoms with Crippen LogP contribution in [0.1, 0.15) is 12.2 Å². The summed E-state index contributed by atoms with van der Waals surface area (Å²) < 4.78 is 8.27. The first kappa shape index (κ1) is 19.2. The Morgan fingerprint density at radius 3 is 2.64 bits per heavy atom. The van der Waals surface area contributed by atoms with Crippen molar-refractivity contribution < 1.29 is 4.74 Å². The zero-order valence-electron chi connectivity index (χ0n) is 16.4. The predicted octanol–water partition coefficient (Wildman–Crippen LogP) is 3.91. The van der Waals surface area contributed by atoms with Gasteiger partial charge in [0.05, 0.1) is 11.0 Å². The average molecular weight is 399 g/mol. The number of nitrogens with zero attached hydrogens (tertiary/aromatic N) is 4. The number of aryl methyl sites for hydroxylation is 1. The molecule has 1 aliphatic rings. The second kappa shape index (κ2) is 8.95. The minimum atomic E-state index is 0.434. The number of piperazine rings is 1. The summed E-state index contributed by atoms with van der Waals surface area (Å²) in [4.78, 5) is 9.76. The number of fused-ring (bicyclic) bond motifs is 1. The highest BCUT2D eigenvalue weighted by Gasteiger charge is 2.15. The molecule has 28 heavy (non-hydrogen) atoms. The van der Waals surface area contributed by atoms with Crippen molar-refractivity contribution in [3.8, 4) is 5.75 Å². The van der Waals surface area contributed by atoms with E-state index in [4.69, 9.17) is 21.3 Å². The molecule has 0 N–H and O–H groups in total. The summed E-state index contributed by atoms with van der Waals surface area (Å²) in [6, 6.07) is 15.8. The number of imidazole rings is 1. The summed E-state index contributed by atoms with van der Waals surface area (Å²) in [6.45, 7) is 7.14. The molecule has 0 unspecified atom stereocenters. The van der Waals surface area contributed by atoms with E-state index in [1.165, 1.54) is 5.52 Å². The van der Waals surface area contributed by atoms with Crippen LogP contribution in [-0.2, 0) is 13.2 Å². The highest BCUT2D eigenvalue weighted by Crippen LogP contribution is 2.21. The Hall–Kier alpha value is -2.08. The zero-order chi connectivity index (χ0) is 19.3. The molecule has 0 radical (unpaired) electrons. The minimum absolute atomic E-state index is 0.434. The lowest BCUT2D eigenvalue weighted by molar-refractivity contribution is 0.151. The predicted molar refractivity (Wildman–Crippen MR) is 114 cm³/mol. The summed E-state index contributed by atoms with van der Waals surface area (Å²) in [5.41, 5.74) is 2.19. The molecule has 4 rings (SSSR count). The highest BCUT2D eigenvalue weighted by molar-refractivity contribution is 6.30. The van der Waals surface area contributed by atoms with E-state index in [9.17, 15) is 0 Å². The molecule has 0 saturated carbocycles. The Morgan fingerprint density at radius 1 is 1.00 bits per heavy atom. The van der Waals surface area contributed by atoms with E-state index in [1.807, 2.05) is 30.3 Å². The molecule has 2 aromatic carbocycles. The third kappa shape index (κ3) is 4.66. The van der Waals surface area contributed by atoms with Gasteiger partial charge < -0.3 is 19.1 Å². The van der Waals surface area contributed by atoms with Crippen LogP contribution < -0.4 is 4.74 Å². The van der Waals surface area contributed by atoms with Gasteiger partial charge in [0, 0.05) is 37.7 Å². The lowest BCUT2D eigenvalue weighted by Crippen LogP contribution is -2.44. The van der Waals surface area contributed by atoms with E-state index in [1.54, 1.807) is 0 Å². The number of likely N-dealkylation sites (N-methyl/N-ethyl adjacent to an activating group) is 1. The van der Waals surface area contributed by atoms with E-state index in [0.717, 1.165) is 62.8 Å². The van der Waals surface area contributed by atoms with E-state index in [-0.39, 0.29) is 0 Å². The van der Waals surface area contributed by atoms with Crippen LogP contribution in [0.5, 0.6) is 5.75 Å². The molecule has 0 amide bonds. The fourth-order valence-electron chi connectivity index (χ4n) is 3.71. The Balaban J connectivity index is 1.44. The minimum Gasteiger partial charge on any atom is -0.486 e. The lowest BCUT2D eigenvalue weighted by atomic mass is 10.3. The summed E-state index contributed by atoms with van der Waals surface area (Å²) in [7, 11) is 2.20. The van der Waals surface area contributed by atoms with E-state index in [2.05, 4.69) is 39.6 Å². The van der Waals surface area contributed by atoms with Gasteiger partial charge >= 0.3 is 0 Å². The van der Waals surface area contributed by atoms with E-state index < -0.39 is 0 Å². The molecular formula is C22H27ClN4O. The smallest absolute Gasteiger partial charge is 0.147 e. The number of rotatable bonds is 7. The number of ether oxygens (including phenoxy) is 1. The third-order valence-corrected chi connectivity index (χ3v) is 5.58. The standard InChI is InChI=1S/C22H27ClN4O/c1-25-12-14-26(15-13-25)10-5-11-27-21-9-3-2-8-20(21)24-22(27)17-28-19-7-4-6-18(23)16-19/h2-4,6-9,16H,5,10-15,17H2,1H3. The van der Waals surface area contributed by atoms with Gasteiger partial charge in [0.1, 0.15) is 18.2 Å². The van der Waals surface area contributed by atoms with Crippen molar-refractivity contribution >= 4 is 22.6 Å². The van der Waals surface area contributed by atoms with Crippen molar-refractivity contribution in [2.45, 2.75) is 19.6 Å². The normalized spacial score (nSPS) is 15.9. The Labute approximate surface area is 171 Å². The van der Waals surface area contributed by atoms with Crippen LogP contribution in [0, 0.1) is 0 Å². The highest BCUT2D eigenvalue weighted by atomic mass is 35.5. The molecular weight excluding hydrogens is 372 g/mol. The second-order valence-electron chi connectivity index (χ2n) is 7.41. The second-order valence-corrected chi connectivity index (χ2v) is 7.85. The summed E-state index contributed by atoms with van der Waals surface area (Å²) in [5, 5.41) is 0.679. The van der Waals surface area contributed by atoms with Gasteiger partial charge in [-0.3, -0.25) is 0 Å². The number of halogens is 1. The molecule has 0 aliphatic carbocycles. The van der Waals surface area contributed by atoms with Crippen molar-refractivity contribution in [1.82, 2.24) is 19.4 Å². The van der Waals surface area contributed by atoms with Crippen LogP contribution in [0.25, 0.3) is 11.0 Å². The molecule has 0 spiro atoms. The summed E-state index contributed by atoms with van der Waals surface area (Å²) in [5.74, 6) is 1.73. The van der Waals surface area contributed by atoms with Gasteiger partial charge in [0.2, 0.25) is 0 Å². The summed E-state index contributed by atoms with van der Waals surface area (Å²) in [6.07, 6.45) is 1.11. The molecule has 1 aliphatic heterocycles. The molecule has 6 heteroatoms. The van der Waals surface area contributed by atoms with Crippen LogP contribution in [-0.4, -0.2) is 59.1 Å². The number of hydrogen-bond acceptors (Lipinski definition) is 4. The van der Waals surface area contributed by atoms with Gasteiger partial charge in [-0.15, -0.1) is 0 Å². The van der Waals surface area contributed by atoms with Gasteiger partial charge in [-0.2, -0.15) is 0 Å². The maximum Gasteiger partial charge on any atom is 0.147 e. The van der Waals surface area contributed by atoms with Crippen LogP contribution >= 0.6 is 11.6 Å². The molecule has 148 valence electrons. The van der Waals surface area contributed by atoms with Crippen molar-refractivity contribution in [1.29, 1.82) is 0 Å². The third-order valence-electron chi connectivity index (χ3n) is 5.35. The SMILES string of the molecule is CN1CCN(CCCn2c(COc3cccc(Cl)c3)nc3ccccc32)CC1. The molecule has 1 saturated heterocycles. The first-order valence-electron chi connectivity index (χ1n) is 9.92. The number of hydrogen-bond donors (Lipinski definition) is 0. The van der Waals surface area contributed by atoms with Crippen molar-refractivity contribution in [2.75, 3.05) is 39.8 Å². The summed E-state index contributed by atoms with van der Waals surface area (Å²) >= 11 is 6.06. The molecule has 1 fully saturated rings. The van der Waals surface area contributed by atoms with E-state index in [0.29, 0.717) is 11.6 Å². The van der Waals surface area contributed by atoms with Crippen molar-refractivity contribution in [3.63, 3.8) is 0 Å². The van der Waals surface area contributed by atoms with Crippen LogP contribution in [0.15, 0.2) is 48.5 Å². The molecule has 1 aromatic heterocycles. The van der Waals surface area contributed by atoms with Gasteiger partial charge in [0.25, 0.3) is 0 Å². The average Bonchev–Trinajstić information content (AvgIpc) is 3.06. The fourth-order valence-corrected chi connectivity index (χ4v) is 3.89. The van der Waals surface area contributed by atoms with Crippen LogP contribution in [0.2, 0.25) is 5.02 Å². The number of aromatic nitrogens is 2. The molecule has 3 aromatic rings. The molecule has 0 atom stereocenters. The number of benzene rings is 2. The van der Waals surface area contributed by atoms with Crippen molar-refractivity contribution in [3.05, 3.63) is 59.4 Å². The number of para-hydroxylation sites is 2. The maximum absolute atomic E-state index is 6.06. The maximum atomic E-state index is 6.06. The Kier molecular flexibility index (Phi) is 6.15. The Bertz CT molecular complexity index is 918. The molecule has 0 bridgehead atoms. The zero-order valence-corrected chi connectivity index (χ0v) is 17.1. The van der Waals surface area contributed by atoms with Gasteiger partial charge in [-0.25, -0.2) is 4.98 Å². The Morgan fingerprint density at radius 2 is 1.82 bits per heavy atom. The van der Waals surface area contributed by atoms with Crippen LogP contribution in [0.4, 0.5) is 0 Å². The fraction of sp³-hybridized carbons (Fsp3) is 0.409. The lowest BCUT2D eigenvalue weighted by Gasteiger charge is -2.32. The van der Waals surface area contributed by atoms with Crippen molar-refractivity contribution in [2.24, 2.45) is 0 Å². The monoisotopic (exact) mass is 398 g/mol. The topological polar surface area (TPSA) is 33.5 Å². The molecule has 5 nitrogen and oxygen atoms in total.